The highest BCUT2D eigenvalue weighted by atomic mass is 16.5. The highest BCUT2D eigenvalue weighted by molar-refractivity contribution is 5.94. The molecule has 1 aliphatic heterocycles. The zero-order valence-electron chi connectivity index (χ0n) is 19.4. The number of aliphatic imine (C=N–C) groups is 1. The minimum atomic E-state index is 0.144. The maximum Gasteiger partial charge on any atom is 0.195 e. The van der Waals surface area contributed by atoms with E-state index < -0.39 is 0 Å². The van der Waals surface area contributed by atoms with Crippen LogP contribution in [-0.2, 0) is 4.74 Å². The van der Waals surface area contributed by atoms with E-state index in [1.54, 1.807) is 21.3 Å². The molecular weight excluding hydrogens is 408 g/mol. The molecule has 1 fully saturated rings. The van der Waals surface area contributed by atoms with Gasteiger partial charge in [-0.1, -0.05) is 12.1 Å². The molecule has 32 heavy (non-hydrogen) atoms. The van der Waals surface area contributed by atoms with Crippen molar-refractivity contribution in [3.05, 3.63) is 48.0 Å². The summed E-state index contributed by atoms with van der Waals surface area (Å²) in [5.41, 5.74) is 2.08. The molecule has 0 aliphatic carbocycles. The van der Waals surface area contributed by atoms with Crippen LogP contribution in [0.15, 0.2) is 47.5 Å². The number of methoxy groups -OCH3 is 3. The number of morpholine rings is 1. The lowest BCUT2D eigenvalue weighted by Crippen LogP contribution is -2.41. The molecule has 0 spiro atoms. The Labute approximate surface area is 190 Å². The van der Waals surface area contributed by atoms with Gasteiger partial charge in [0, 0.05) is 31.4 Å². The van der Waals surface area contributed by atoms with Gasteiger partial charge in [0.25, 0.3) is 0 Å². The van der Waals surface area contributed by atoms with Gasteiger partial charge in [0.2, 0.25) is 0 Å². The number of benzene rings is 2. The van der Waals surface area contributed by atoms with Crippen LogP contribution < -0.4 is 24.8 Å². The summed E-state index contributed by atoms with van der Waals surface area (Å²) in [4.78, 5) is 7.34. The average Bonchev–Trinajstić information content (AvgIpc) is 2.85. The van der Waals surface area contributed by atoms with Gasteiger partial charge >= 0.3 is 0 Å². The third-order valence-corrected chi connectivity index (χ3v) is 5.40. The van der Waals surface area contributed by atoms with Crippen molar-refractivity contribution in [1.29, 1.82) is 0 Å². The molecule has 2 aromatic rings. The first-order chi connectivity index (χ1) is 15.7. The fourth-order valence-electron chi connectivity index (χ4n) is 3.68. The lowest BCUT2D eigenvalue weighted by Gasteiger charge is -2.34. The summed E-state index contributed by atoms with van der Waals surface area (Å²) in [5.74, 6) is 2.91. The normalized spacial score (nSPS) is 15.7. The number of rotatable bonds is 9. The smallest absolute Gasteiger partial charge is 0.195 e. The Morgan fingerprint density at radius 1 is 1.00 bits per heavy atom. The molecule has 0 amide bonds. The first-order valence-corrected chi connectivity index (χ1v) is 10.9. The number of guanidine groups is 1. The maximum absolute atomic E-state index is 5.56. The van der Waals surface area contributed by atoms with Crippen molar-refractivity contribution in [2.45, 2.75) is 13.0 Å². The largest absolute Gasteiger partial charge is 0.497 e. The van der Waals surface area contributed by atoms with Crippen molar-refractivity contribution in [3.63, 3.8) is 0 Å². The third-order valence-electron chi connectivity index (χ3n) is 5.40. The van der Waals surface area contributed by atoms with Gasteiger partial charge < -0.3 is 29.6 Å². The molecule has 0 saturated carbocycles. The maximum atomic E-state index is 5.56. The van der Waals surface area contributed by atoms with Crippen LogP contribution in [0.4, 0.5) is 5.69 Å². The Bertz CT molecular complexity index is 867. The Balaban J connectivity index is 1.80. The lowest BCUT2D eigenvalue weighted by atomic mass is 10.0. The van der Waals surface area contributed by atoms with Crippen LogP contribution in [0.1, 0.15) is 18.5 Å². The SMILES string of the molecule is CCNC(=NCC(c1ccc(OC)cc1)N1CCOCC1)Nc1ccc(OC)c(OC)c1. The lowest BCUT2D eigenvalue weighted by molar-refractivity contribution is 0.0180. The Morgan fingerprint density at radius 2 is 1.72 bits per heavy atom. The first kappa shape index (κ1) is 23.7. The molecule has 0 radical (unpaired) electrons. The van der Waals surface area contributed by atoms with Gasteiger partial charge in [-0.05, 0) is 36.8 Å². The van der Waals surface area contributed by atoms with Gasteiger partial charge in [-0.25, -0.2) is 0 Å². The van der Waals surface area contributed by atoms with E-state index in [-0.39, 0.29) is 6.04 Å². The number of hydrogen-bond acceptors (Lipinski definition) is 6. The van der Waals surface area contributed by atoms with E-state index in [9.17, 15) is 0 Å². The number of hydrogen-bond donors (Lipinski definition) is 2. The molecular formula is C24H34N4O4. The highest BCUT2D eigenvalue weighted by Gasteiger charge is 2.23. The second-order valence-electron chi connectivity index (χ2n) is 7.35. The van der Waals surface area contributed by atoms with Crippen LogP contribution in [0, 0.1) is 0 Å². The second-order valence-corrected chi connectivity index (χ2v) is 7.35. The third kappa shape index (κ3) is 6.27. The van der Waals surface area contributed by atoms with E-state index in [0.29, 0.717) is 24.0 Å². The zero-order valence-corrected chi connectivity index (χ0v) is 19.4. The standard InChI is InChI=1S/C24H34N4O4/c1-5-25-24(27-19-8-11-22(30-3)23(16-19)31-4)26-17-21(28-12-14-32-15-13-28)18-6-9-20(29-2)10-7-18/h6-11,16,21H,5,12-15,17H2,1-4H3,(H2,25,26,27). The first-order valence-electron chi connectivity index (χ1n) is 10.9. The Morgan fingerprint density at radius 3 is 2.34 bits per heavy atom. The van der Waals surface area contributed by atoms with Gasteiger partial charge in [0.05, 0.1) is 47.1 Å². The van der Waals surface area contributed by atoms with Gasteiger partial charge in [-0.2, -0.15) is 0 Å². The minimum Gasteiger partial charge on any atom is -0.497 e. The van der Waals surface area contributed by atoms with E-state index in [2.05, 4.69) is 34.6 Å². The summed E-state index contributed by atoms with van der Waals surface area (Å²) < 4.78 is 21.6. The molecule has 1 heterocycles. The summed E-state index contributed by atoms with van der Waals surface area (Å²) in [6.45, 7) is 6.64. The molecule has 0 bridgehead atoms. The van der Waals surface area contributed by atoms with Crippen LogP contribution in [-0.4, -0.2) is 71.6 Å². The molecule has 1 unspecified atom stereocenters. The zero-order chi connectivity index (χ0) is 22.8. The van der Waals surface area contributed by atoms with Gasteiger partial charge in [0.15, 0.2) is 17.5 Å². The van der Waals surface area contributed by atoms with Crippen molar-refractivity contribution in [3.8, 4) is 17.2 Å². The number of ether oxygens (including phenoxy) is 4. The molecule has 1 saturated heterocycles. The van der Waals surface area contributed by atoms with E-state index in [1.807, 2.05) is 30.3 Å². The van der Waals surface area contributed by atoms with Crippen molar-refractivity contribution >= 4 is 11.6 Å². The summed E-state index contributed by atoms with van der Waals surface area (Å²) in [7, 11) is 4.94. The van der Waals surface area contributed by atoms with Crippen LogP contribution in [0.25, 0.3) is 0 Å². The van der Waals surface area contributed by atoms with Gasteiger partial charge in [-0.3, -0.25) is 9.89 Å². The van der Waals surface area contributed by atoms with Crippen LogP contribution in [0.3, 0.4) is 0 Å². The Kier molecular flexibility index (Phi) is 9.01. The fourth-order valence-corrected chi connectivity index (χ4v) is 3.68. The molecule has 2 aromatic carbocycles. The second kappa shape index (κ2) is 12.2. The van der Waals surface area contributed by atoms with Crippen molar-refractivity contribution in [2.75, 3.05) is 66.0 Å². The van der Waals surface area contributed by atoms with E-state index in [4.69, 9.17) is 23.9 Å². The predicted octanol–water partition coefficient (Wildman–Crippen LogP) is 3.16. The molecule has 174 valence electrons. The highest BCUT2D eigenvalue weighted by Crippen LogP contribution is 2.30. The van der Waals surface area contributed by atoms with E-state index >= 15 is 0 Å². The van der Waals surface area contributed by atoms with E-state index in [0.717, 1.165) is 44.3 Å². The van der Waals surface area contributed by atoms with Gasteiger partial charge in [0.1, 0.15) is 5.75 Å². The topological polar surface area (TPSA) is 76.6 Å². The number of nitrogens with one attached hydrogen (secondary N) is 2. The number of nitrogens with zero attached hydrogens (tertiary/aromatic N) is 2. The summed E-state index contributed by atoms with van der Waals surface area (Å²) >= 11 is 0. The molecule has 1 aliphatic rings. The summed E-state index contributed by atoms with van der Waals surface area (Å²) in [5, 5.41) is 6.70. The Hall–Kier alpha value is -2.97. The predicted molar refractivity (Wildman–Crippen MR) is 127 cm³/mol. The summed E-state index contributed by atoms with van der Waals surface area (Å²) in [6.07, 6.45) is 0. The van der Waals surface area contributed by atoms with Crippen molar-refractivity contribution in [2.24, 2.45) is 4.99 Å². The van der Waals surface area contributed by atoms with Crippen LogP contribution >= 0.6 is 0 Å². The average molecular weight is 443 g/mol. The van der Waals surface area contributed by atoms with E-state index in [1.165, 1.54) is 5.56 Å². The molecule has 2 N–H and O–H groups in total. The molecule has 8 heteroatoms. The fraction of sp³-hybridized carbons (Fsp3) is 0.458. The minimum absolute atomic E-state index is 0.144. The van der Waals surface area contributed by atoms with Crippen LogP contribution in [0.5, 0.6) is 17.2 Å². The summed E-state index contributed by atoms with van der Waals surface area (Å²) in [6, 6.07) is 14.1. The molecule has 1 atom stereocenters. The molecule has 0 aromatic heterocycles. The van der Waals surface area contributed by atoms with Crippen molar-refractivity contribution < 1.29 is 18.9 Å². The van der Waals surface area contributed by atoms with Crippen LogP contribution in [0.2, 0.25) is 0 Å². The van der Waals surface area contributed by atoms with Crippen molar-refractivity contribution in [1.82, 2.24) is 10.2 Å². The molecule has 8 nitrogen and oxygen atoms in total. The number of anilines is 1. The molecule has 3 rings (SSSR count). The monoisotopic (exact) mass is 442 g/mol. The quantitative estimate of drug-likeness (QED) is 0.456. The van der Waals surface area contributed by atoms with Gasteiger partial charge in [-0.15, -0.1) is 0 Å².